The molecule has 1 aliphatic heterocycles. The highest BCUT2D eigenvalue weighted by Crippen LogP contribution is 2.31. The molecule has 0 saturated carbocycles. The van der Waals surface area contributed by atoms with Crippen LogP contribution in [0, 0.1) is 0 Å². The van der Waals surface area contributed by atoms with Crippen molar-refractivity contribution in [2.75, 3.05) is 12.9 Å². The molecular formula is C10H10O2S. The van der Waals surface area contributed by atoms with Crippen molar-refractivity contribution in [3.63, 3.8) is 0 Å². The summed E-state index contributed by atoms with van der Waals surface area (Å²) < 4.78 is 4.65. The van der Waals surface area contributed by atoms with Crippen molar-refractivity contribution in [2.45, 2.75) is 11.3 Å². The van der Waals surface area contributed by atoms with Crippen LogP contribution in [0.3, 0.4) is 0 Å². The Bertz CT molecular complexity index is 347. The molecule has 2 nitrogen and oxygen atoms in total. The highest BCUT2D eigenvalue weighted by Gasteiger charge is 2.14. The molecular weight excluding hydrogens is 184 g/mol. The number of ether oxygens (including phenoxy) is 1. The third-order valence-electron chi connectivity index (χ3n) is 2.11. The fourth-order valence-electron chi connectivity index (χ4n) is 1.43. The third kappa shape index (κ3) is 1.56. The standard InChI is InChI=1S/C10H10O2S/c1-12-10(11)8-2-3-9-7(6-8)4-5-13-9/h2-3,6H,4-5H2,1H3. The third-order valence-corrected chi connectivity index (χ3v) is 3.23. The van der Waals surface area contributed by atoms with Crippen molar-refractivity contribution in [2.24, 2.45) is 0 Å². The molecule has 0 unspecified atom stereocenters. The Kier molecular flexibility index (Phi) is 2.27. The van der Waals surface area contributed by atoms with Gasteiger partial charge in [0.1, 0.15) is 0 Å². The number of hydrogen-bond donors (Lipinski definition) is 0. The Morgan fingerprint density at radius 1 is 1.54 bits per heavy atom. The van der Waals surface area contributed by atoms with Crippen LogP contribution in [0.2, 0.25) is 0 Å². The molecule has 13 heavy (non-hydrogen) atoms. The molecule has 0 bridgehead atoms. The zero-order chi connectivity index (χ0) is 9.26. The second-order valence-electron chi connectivity index (χ2n) is 2.91. The molecule has 1 aromatic rings. The van der Waals surface area contributed by atoms with E-state index < -0.39 is 0 Å². The Hall–Kier alpha value is -0.960. The minimum atomic E-state index is -0.250. The van der Waals surface area contributed by atoms with Gasteiger partial charge in [0.2, 0.25) is 0 Å². The zero-order valence-corrected chi connectivity index (χ0v) is 8.19. The van der Waals surface area contributed by atoms with Crippen molar-refractivity contribution in [1.82, 2.24) is 0 Å². The van der Waals surface area contributed by atoms with Crippen LogP contribution in [0.15, 0.2) is 23.1 Å². The van der Waals surface area contributed by atoms with Gasteiger partial charge >= 0.3 is 5.97 Å². The van der Waals surface area contributed by atoms with E-state index in [1.54, 1.807) is 0 Å². The zero-order valence-electron chi connectivity index (χ0n) is 7.37. The molecule has 0 N–H and O–H groups in total. The molecule has 2 rings (SSSR count). The summed E-state index contributed by atoms with van der Waals surface area (Å²) in [4.78, 5) is 12.5. The topological polar surface area (TPSA) is 26.3 Å². The molecule has 0 saturated heterocycles. The molecule has 0 aromatic heterocycles. The summed E-state index contributed by atoms with van der Waals surface area (Å²) in [5, 5.41) is 0. The summed E-state index contributed by atoms with van der Waals surface area (Å²) in [6.45, 7) is 0. The van der Waals surface area contributed by atoms with E-state index in [0.29, 0.717) is 5.56 Å². The Labute approximate surface area is 81.3 Å². The average Bonchev–Trinajstić information content (AvgIpc) is 2.63. The van der Waals surface area contributed by atoms with Gasteiger partial charge < -0.3 is 4.74 Å². The number of benzene rings is 1. The van der Waals surface area contributed by atoms with Gasteiger partial charge in [-0.2, -0.15) is 0 Å². The summed E-state index contributed by atoms with van der Waals surface area (Å²) in [7, 11) is 1.41. The van der Waals surface area contributed by atoms with E-state index in [9.17, 15) is 4.79 Å². The van der Waals surface area contributed by atoms with E-state index in [4.69, 9.17) is 0 Å². The Morgan fingerprint density at radius 3 is 3.15 bits per heavy atom. The van der Waals surface area contributed by atoms with Gasteiger partial charge in [-0.1, -0.05) is 0 Å². The molecule has 0 atom stereocenters. The molecule has 1 aliphatic rings. The van der Waals surface area contributed by atoms with Crippen molar-refractivity contribution in [1.29, 1.82) is 0 Å². The lowest BCUT2D eigenvalue weighted by Gasteiger charge is -2.01. The molecule has 3 heteroatoms. The second-order valence-corrected chi connectivity index (χ2v) is 4.05. The molecule has 1 aromatic carbocycles. The van der Waals surface area contributed by atoms with Crippen molar-refractivity contribution < 1.29 is 9.53 Å². The Balaban J connectivity index is 2.36. The predicted molar refractivity (Wildman–Crippen MR) is 52.2 cm³/mol. The monoisotopic (exact) mass is 194 g/mol. The highest BCUT2D eigenvalue weighted by atomic mass is 32.2. The molecule has 0 amide bonds. The second kappa shape index (κ2) is 3.42. The largest absolute Gasteiger partial charge is 0.465 e. The number of fused-ring (bicyclic) bond motifs is 1. The lowest BCUT2D eigenvalue weighted by molar-refractivity contribution is 0.0600. The van der Waals surface area contributed by atoms with Gasteiger partial charge in [0.15, 0.2) is 0 Å². The molecule has 0 fully saturated rings. The molecule has 0 spiro atoms. The number of rotatable bonds is 1. The summed E-state index contributed by atoms with van der Waals surface area (Å²) in [6.07, 6.45) is 1.06. The van der Waals surface area contributed by atoms with Gasteiger partial charge in [0, 0.05) is 10.6 Å². The van der Waals surface area contributed by atoms with Gasteiger partial charge in [-0.3, -0.25) is 0 Å². The molecule has 1 heterocycles. The first kappa shape index (κ1) is 8.63. The van der Waals surface area contributed by atoms with Crippen LogP contribution in [0.4, 0.5) is 0 Å². The van der Waals surface area contributed by atoms with Crippen molar-refractivity contribution in [3.05, 3.63) is 29.3 Å². The van der Waals surface area contributed by atoms with Crippen LogP contribution in [-0.2, 0) is 11.2 Å². The maximum atomic E-state index is 11.2. The van der Waals surface area contributed by atoms with E-state index in [-0.39, 0.29) is 5.97 Å². The van der Waals surface area contributed by atoms with Crippen LogP contribution < -0.4 is 0 Å². The van der Waals surface area contributed by atoms with E-state index in [0.717, 1.165) is 12.2 Å². The predicted octanol–water partition coefficient (Wildman–Crippen LogP) is 2.12. The lowest BCUT2D eigenvalue weighted by atomic mass is 10.1. The number of carbonyl (C=O) groups is 1. The minimum absolute atomic E-state index is 0.250. The summed E-state index contributed by atoms with van der Waals surface area (Å²) >= 11 is 1.84. The van der Waals surface area contributed by atoms with Gasteiger partial charge in [-0.25, -0.2) is 4.79 Å². The SMILES string of the molecule is COC(=O)c1ccc2c(c1)CCS2. The lowest BCUT2D eigenvalue weighted by Crippen LogP contribution is -2.01. The highest BCUT2D eigenvalue weighted by molar-refractivity contribution is 7.99. The number of thioether (sulfide) groups is 1. The van der Waals surface area contributed by atoms with E-state index in [1.807, 2.05) is 30.0 Å². The first-order valence-corrected chi connectivity index (χ1v) is 5.14. The summed E-state index contributed by atoms with van der Waals surface area (Å²) in [6, 6.07) is 5.75. The van der Waals surface area contributed by atoms with Gasteiger partial charge in [-0.05, 0) is 30.2 Å². The van der Waals surface area contributed by atoms with Crippen LogP contribution in [0.1, 0.15) is 15.9 Å². The average molecular weight is 194 g/mol. The first-order valence-electron chi connectivity index (χ1n) is 4.15. The van der Waals surface area contributed by atoms with E-state index in [2.05, 4.69) is 4.74 Å². The molecule has 0 radical (unpaired) electrons. The number of hydrogen-bond acceptors (Lipinski definition) is 3. The van der Waals surface area contributed by atoms with Crippen LogP contribution >= 0.6 is 11.8 Å². The number of esters is 1. The number of carbonyl (C=O) groups excluding carboxylic acids is 1. The van der Waals surface area contributed by atoms with Gasteiger partial charge in [-0.15, -0.1) is 11.8 Å². The summed E-state index contributed by atoms with van der Waals surface area (Å²) in [5.74, 6) is 0.875. The molecule has 0 aliphatic carbocycles. The first-order chi connectivity index (χ1) is 6.31. The fourth-order valence-corrected chi connectivity index (χ4v) is 2.48. The number of methoxy groups -OCH3 is 1. The minimum Gasteiger partial charge on any atom is -0.465 e. The van der Waals surface area contributed by atoms with Gasteiger partial charge in [0.05, 0.1) is 12.7 Å². The number of aryl methyl sites for hydroxylation is 1. The van der Waals surface area contributed by atoms with Crippen molar-refractivity contribution >= 4 is 17.7 Å². The summed E-state index contributed by atoms with van der Waals surface area (Å²) in [5.41, 5.74) is 1.93. The molecule has 68 valence electrons. The van der Waals surface area contributed by atoms with Crippen LogP contribution in [-0.4, -0.2) is 18.8 Å². The van der Waals surface area contributed by atoms with Gasteiger partial charge in [0.25, 0.3) is 0 Å². The maximum absolute atomic E-state index is 11.2. The Morgan fingerprint density at radius 2 is 2.38 bits per heavy atom. The van der Waals surface area contributed by atoms with Crippen LogP contribution in [0.5, 0.6) is 0 Å². The van der Waals surface area contributed by atoms with Crippen molar-refractivity contribution in [3.8, 4) is 0 Å². The maximum Gasteiger partial charge on any atom is 0.337 e. The normalized spacial score (nSPS) is 13.9. The van der Waals surface area contributed by atoms with E-state index in [1.165, 1.54) is 17.6 Å². The van der Waals surface area contributed by atoms with E-state index >= 15 is 0 Å². The fraction of sp³-hybridized carbons (Fsp3) is 0.300. The van der Waals surface area contributed by atoms with Crippen LogP contribution in [0.25, 0.3) is 0 Å². The quantitative estimate of drug-likeness (QED) is 0.640. The smallest absolute Gasteiger partial charge is 0.337 e.